The van der Waals surface area contributed by atoms with Gasteiger partial charge in [-0.2, -0.15) is 0 Å². The lowest BCUT2D eigenvalue weighted by Gasteiger charge is -2.23. The van der Waals surface area contributed by atoms with Crippen LogP contribution in [0.4, 0.5) is 15.8 Å². The van der Waals surface area contributed by atoms with Crippen LogP contribution in [0.3, 0.4) is 0 Å². The van der Waals surface area contributed by atoms with E-state index in [0.29, 0.717) is 16.9 Å². The molecule has 0 atom stereocenters. The van der Waals surface area contributed by atoms with E-state index in [9.17, 15) is 17.6 Å². The van der Waals surface area contributed by atoms with E-state index in [1.54, 1.807) is 42.5 Å². The summed E-state index contributed by atoms with van der Waals surface area (Å²) in [5.74, 6) is -0.953. The van der Waals surface area contributed by atoms with Crippen LogP contribution in [0.15, 0.2) is 66.7 Å². The predicted octanol–water partition coefficient (Wildman–Crippen LogP) is 5.01. The number of nitrogens with one attached hydrogen (secondary N) is 1. The van der Waals surface area contributed by atoms with E-state index in [2.05, 4.69) is 5.32 Å². The Labute approximate surface area is 180 Å². The van der Waals surface area contributed by atoms with E-state index in [4.69, 9.17) is 11.6 Å². The average Bonchev–Trinajstić information content (AvgIpc) is 2.68. The molecule has 0 spiro atoms. The summed E-state index contributed by atoms with van der Waals surface area (Å²) in [5.41, 5.74) is 3.00. The Morgan fingerprint density at radius 2 is 1.77 bits per heavy atom. The number of hydrogen-bond acceptors (Lipinski definition) is 3. The number of benzene rings is 3. The topological polar surface area (TPSA) is 66.5 Å². The fourth-order valence-electron chi connectivity index (χ4n) is 2.89. The molecule has 0 fully saturated rings. The van der Waals surface area contributed by atoms with Crippen LogP contribution in [-0.4, -0.2) is 20.6 Å². The molecule has 0 radical (unpaired) electrons. The van der Waals surface area contributed by atoms with Crippen molar-refractivity contribution in [3.05, 3.63) is 94.3 Å². The molecule has 0 aliphatic heterocycles. The predicted molar refractivity (Wildman–Crippen MR) is 118 cm³/mol. The molecular weight excluding hydrogens is 427 g/mol. The van der Waals surface area contributed by atoms with Crippen molar-refractivity contribution in [2.75, 3.05) is 15.9 Å². The zero-order valence-corrected chi connectivity index (χ0v) is 18.0. The van der Waals surface area contributed by atoms with Crippen LogP contribution in [0.2, 0.25) is 5.02 Å². The zero-order chi connectivity index (χ0) is 21.9. The second-order valence-corrected chi connectivity index (χ2v) is 9.20. The Bertz CT molecular complexity index is 1180. The summed E-state index contributed by atoms with van der Waals surface area (Å²) in [7, 11) is -3.50. The monoisotopic (exact) mass is 446 g/mol. The molecule has 0 saturated carbocycles. The van der Waals surface area contributed by atoms with Gasteiger partial charge in [0.05, 0.1) is 23.5 Å². The summed E-state index contributed by atoms with van der Waals surface area (Å²) in [4.78, 5) is 12.4. The Morgan fingerprint density at radius 3 is 2.37 bits per heavy atom. The van der Waals surface area contributed by atoms with E-state index in [-0.39, 0.29) is 17.5 Å². The van der Waals surface area contributed by atoms with Crippen LogP contribution in [0, 0.1) is 12.7 Å². The Hall–Kier alpha value is -2.90. The number of carbonyl (C=O) groups excluding carboxylic acids is 1. The van der Waals surface area contributed by atoms with Gasteiger partial charge in [-0.25, -0.2) is 12.8 Å². The molecule has 1 amide bonds. The van der Waals surface area contributed by atoms with Gasteiger partial charge in [0.1, 0.15) is 5.82 Å². The second-order valence-electron chi connectivity index (χ2n) is 6.89. The molecule has 3 aromatic carbocycles. The van der Waals surface area contributed by atoms with Gasteiger partial charge in [-0.05, 0) is 60.5 Å². The number of sulfonamides is 1. The molecule has 3 aromatic rings. The third kappa shape index (κ3) is 5.37. The lowest BCUT2D eigenvalue weighted by atomic mass is 10.1. The number of anilines is 2. The summed E-state index contributed by atoms with van der Waals surface area (Å²) in [5, 5.41) is 2.56. The van der Waals surface area contributed by atoms with Crippen molar-refractivity contribution < 1.29 is 17.6 Å². The highest BCUT2D eigenvalue weighted by molar-refractivity contribution is 7.92. The van der Waals surface area contributed by atoms with Crippen molar-refractivity contribution in [3.63, 3.8) is 0 Å². The molecule has 0 aliphatic carbocycles. The number of aryl methyl sites for hydroxylation is 1. The molecule has 1 N–H and O–H groups in total. The van der Waals surface area contributed by atoms with Gasteiger partial charge in [0, 0.05) is 11.3 Å². The standard InChI is InChI=1S/C22H20ClFN2O3S/c1-15-4-3-5-19(12-15)26(30(2,28)29)14-16-6-8-17(9-7-16)22(27)25-18-10-11-21(24)20(23)13-18/h3-13H,14H2,1-2H3,(H,25,27). The highest BCUT2D eigenvalue weighted by atomic mass is 35.5. The van der Waals surface area contributed by atoms with E-state index < -0.39 is 15.8 Å². The van der Waals surface area contributed by atoms with E-state index in [1.807, 2.05) is 13.0 Å². The Balaban J connectivity index is 1.76. The molecule has 3 rings (SSSR count). The summed E-state index contributed by atoms with van der Waals surface area (Å²) >= 11 is 5.73. The van der Waals surface area contributed by atoms with Crippen LogP contribution in [0.5, 0.6) is 0 Å². The van der Waals surface area contributed by atoms with Crippen LogP contribution in [-0.2, 0) is 16.6 Å². The molecule has 0 bridgehead atoms. The van der Waals surface area contributed by atoms with Gasteiger partial charge < -0.3 is 5.32 Å². The maximum absolute atomic E-state index is 13.2. The van der Waals surface area contributed by atoms with E-state index >= 15 is 0 Å². The van der Waals surface area contributed by atoms with Gasteiger partial charge in [0.25, 0.3) is 5.91 Å². The first-order valence-electron chi connectivity index (χ1n) is 9.03. The van der Waals surface area contributed by atoms with Gasteiger partial charge in [0.15, 0.2) is 0 Å². The average molecular weight is 447 g/mol. The maximum Gasteiger partial charge on any atom is 0.255 e. The van der Waals surface area contributed by atoms with Gasteiger partial charge in [-0.1, -0.05) is 35.9 Å². The maximum atomic E-state index is 13.2. The van der Waals surface area contributed by atoms with E-state index in [0.717, 1.165) is 17.4 Å². The highest BCUT2D eigenvalue weighted by Gasteiger charge is 2.18. The molecule has 0 aromatic heterocycles. The highest BCUT2D eigenvalue weighted by Crippen LogP contribution is 2.23. The molecule has 156 valence electrons. The summed E-state index contributed by atoms with van der Waals surface area (Å²) in [6, 6.07) is 17.8. The number of rotatable bonds is 6. The first-order chi connectivity index (χ1) is 14.1. The molecule has 0 unspecified atom stereocenters. The molecular formula is C22H20ClFN2O3S. The quantitative estimate of drug-likeness (QED) is 0.579. The van der Waals surface area contributed by atoms with Crippen molar-refractivity contribution >= 4 is 38.9 Å². The molecule has 30 heavy (non-hydrogen) atoms. The fourth-order valence-corrected chi connectivity index (χ4v) is 3.95. The molecule has 5 nitrogen and oxygen atoms in total. The first kappa shape index (κ1) is 21.8. The number of hydrogen-bond donors (Lipinski definition) is 1. The summed E-state index contributed by atoms with van der Waals surface area (Å²) < 4.78 is 39.2. The van der Waals surface area contributed by atoms with Gasteiger partial charge in [-0.3, -0.25) is 9.10 Å². The SMILES string of the molecule is Cc1cccc(N(Cc2ccc(C(=O)Nc3ccc(F)c(Cl)c3)cc2)S(C)(=O)=O)c1. The summed E-state index contributed by atoms with van der Waals surface area (Å²) in [6.45, 7) is 2.03. The minimum Gasteiger partial charge on any atom is -0.322 e. The number of carbonyl (C=O) groups is 1. The second kappa shape index (κ2) is 8.85. The number of halogens is 2. The van der Waals surface area contributed by atoms with E-state index in [1.165, 1.54) is 22.5 Å². The van der Waals surface area contributed by atoms with Crippen molar-refractivity contribution in [1.82, 2.24) is 0 Å². The first-order valence-corrected chi connectivity index (χ1v) is 11.3. The van der Waals surface area contributed by atoms with Gasteiger partial charge >= 0.3 is 0 Å². The molecule has 0 saturated heterocycles. The van der Waals surface area contributed by atoms with Crippen molar-refractivity contribution in [1.29, 1.82) is 0 Å². The van der Waals surface area contributed by atoms with Crippen LogP contribution in [0.25, 0.3) is 0 Å². The normalized spacial score (nSPS) is 11.2. The van der Waals surface area contributed by atoms with Gasteiger partial charge in [0.2, 0.25) is 10.0 Å². The fraction of sp³-hybridized carbons (Fsp3) is 0.136. The zero-order valence-electron chi connectivity index (χ0n) is 16.4. The third-order valence-corrected chi connectivity index (χ3v) is 5.84. The Kier molecular flexibility index (Phi) is 6.43. The van der Waals surface area contributed by atoms with Crippen molar-refractivity contribution in [2.24, 2.45) is 0 Å². The minimum atomic E-state index is -3.50. The third-order valence-electron chi connectivity index (χ3n) is 4.41. The number of nitrogens with zero attached hydrogens (tertiary/aromatic N) is 1. The van der Waals surface area contributed by atoms with Crippen LogP contribution in [0.1, 0.15) is 21.5 Å². The van der Waals surface area contributed by atoms with Crippen LogP contribution < -0.4 is 9.62 Å². The summed E-state index contributed by atoms with van der Waals surface area (Å²) in [6.07, 6.45) is 1.16. The van der Waals surface area contributed by atoms with Crippen molar-refractivity contribution in [3.8, 4) is 0 Å². The smallest absolute Gasteiger partial charge is 0.255 e. The van der Waals surface area contributed by atoms with Crippen LogP contribution >= 0.6 is 11.6 Å². The van der Waals surface area contributed by atoms with Gasteiger partial charge in [-0.15, -0.1) is 0 Å². The largest absolute Gasteiger partial charge is 0.322 e. The molecule has 0 aliphatic rings. The lowest BCUT2D eigenvalue weighted by Crippen LogP contribution is -2.29. The van der Waals surface area contributed by atoms with Crippen molar-refractivity contribution in [2.45, 2.75) is 13.5 Å². The number of amides is 1. The molecule has 8 heteroatoms. The minimum absolute atomic E-state index is 0.0832. The molecule has 0 heterocycles. The Morgan fingerprint density at radius 1 is 1.07 bits per heavy atom. The lowest BCUT2D eigenvalue weighted by molar-refractivity contribution is 0.102.